The fourth-order valence-electron chi connectivity index (χ4n) is 4.58. The minimum absolute atomic E-state index is 0.0109. The van der Waals surface area contributed by atoms with Crippen LogP contribution in [0.2, 0.25) is 0 Å². The van der Waals surface area contributed by atoms with Crippen molar-refractivity contribution < 1.29 is 14.4 Å². The van der Waals surface area contributed by atoms with Gasteiger partial charge in [0.25, 0.3) is 5.91 Å². The second-order valence-corrected chi connectivity index (χ2v) is 8.19. The van der Waals surface area contributed by atoms with Gasteiger partial charge in [-0.2, -0.15) is 0 Å². The van der Waals surface area contributed by atoms with Crippen LogP contribution in [-0.2, 0) is 9.63 Å². The molecule has 0 aromatic carbocycles. The fraction of sp³-hybridized carbons (Fsp3) is 0.667. The molecule has 130 valence electrons. The number of hydrogen-bond donors (Lipinski definition) is 0. The summed E-state index contributed by atoms with van der Waals surface area (Å²) >= 11 is 1.49. The van der Waals surface area contributed by atoms with E-state index in [0.29, 0.717) is 19.7 Å². The normalized spacial score (nSPS) is 30.2. The molecule has 2 aliphatic heterocycles. The van der Waals surface area contributed by atoms with Gasteiger partial charge in [0, 0.05) is 31.0 Å². The van der Waals surface area contributed by atoms with Gasteiger partial charge in [0.05, 0.1) is 11.5 Å². The number of carbonyl (C=O) groups is 2. The third kappa shape index (κ3) is 2.75. The number of rotatable bonds is 2. The van der Waals surface area contributed by atoms with Gasteiger partial charge in [-0.1, -0.05) is 12.5 Å². The number of amides is 2. The van der Waals surface area contributed by atoms with E-state index in [9.17, 15) is 9.59 Å². The number of hydroxylamine groups is 2. The first-order valence-corrected chi connectivity index (χ1v) is 9.85. The Morgan fingerprint density at radius 1 is 1.21 bits per heavy atom. The van der Waals surface area contributed by atoms with E-state index in [1.165, 1.54) is 11.3 Å². The average Bonchev–Trinajstić information content (AvgIpc) is 3.37. The molecule has 2 amide bonds. The monoisotopic (exact) mass is 348 g/mol. The molecule has 3 fully saturated rings. The number of nitrogens with zero attached hydrogens (tertiary/aromatic N) is 2. The van der Waals surface area contributed by atoms with Crippen molar-refractivity contribution in [3.05, 3.63) is 22.4 Å². The summed E-state index contributed by atoms with van der Waals surface area (Å²) < 4.78 is 0. The molecule has 4 rings (SSSR count). The first kappa shape index (κ1) is 16.1. The topological polar surface area (TPSA) is 49.9 Å². The zero-order valence-electron chi connectivity index (χ0n) is 13.9. The van der Waals surface area contributed by atoms with Crippen LogP contribution in [0.1, 0.15) is 48.2 Å². The zero-order chi connectivity index (χ0) is 16.6. The van der Waals surface area contributed by atoms with Crippen LogP contribution < -0.4 is 0 Å². The van der Waals surface area contributed by atoms with Gasteiger partial charge in [-0.25, -0.2) is 5.06 Å². The molecule has 0 radical (unpaired) electrons. The second kappa shape index (κ2) is 6.48. The third-order valence-corrected chi connectivity index (χ3v) is 6.72. The molecule has 1 saturated carbocycles. The van der Waals surface area contributed by atoms with Crippen molar-refractivity contribution in [1.82, 2.24) is 9.96 Å². The molecular weight excluding hydrogens is 324 g/mol. The van der Waals surface area contributed by atoms with Crippen LogP contribution in [0.5, 0.6) is 0 Å². The van der Waals surface area contributed by atoms with Gasteiger partial charge in [-0.3, -0.25) is 14.4 Å². The number of hydrogen-bond acceptors (Lipinski definition) is 4. The minimum atomic E-state index is -0.0369. The Morgan fingerprint density at radius 3 is 2.88 bits per heavy atom. The summed E-state index contributed by atoms with van der Waals surface area (Å²) in [5, 5.41) is 3.54. The number of thiophene rings is 1. The van der Waals surface area contributed by atoms with Crippen molar-refractivity contribution in [1.29, 1.82) is 0 Å². The number of carbonyl (C=O) groups excluding carboxylic acids is 2. The zero-order valence-corrected chi connectivity index (χ0v) is 14.7. The van der Waals surface area contributed by atoms with Crippen LogP contribution in [0.4, 0.5) is 0 Å². The molecule has 1 aromatic rings. The third-order valence-electron chi connectivity index (χ3n) is 5.86. The van der Waals surface area contributed by atoms with Gasteiger partial charge >= 0.3 is 0 Å². The van der Waals surface area contributed by atoms with Gasteiger partial charge in [-0.05, 0) is 43.6 Å². The Hall–Kier alpha value is -1.40. The predicted molar refractivity (Wildman–Crippen MR) is 91.5 cm³/mol. The Kier molecular flexibility index (Phi) is 4.35. The maximum absolute atomic E-state index is 13.0. The van der Waals surface area contributed by atoms with Crippen molar-refractivity contribution in [3.8, 4) is 0 Å². The highest BCUT2D eigenvalue weighted by atomic mass is 32.1. The van der Waals surface area contributed by atoms with Crippen molar-refractivity contribution in [3.63, 3.8) is 0 Å². The van der Waals surface area contributed by atoms with E-state index in [2.05, 4.69) is 0 Å². The summed E-state index contributed by atoms with van der Waals surface area (Å²) in [6.07, 6.45) is 6.04. The average molecular weight is 348 g/mol. The molecule has 1 aromatic heterocycles. The standard InChI is InChI=1S/C18H24N2O3S/c21-16(20-9-1-2-11-23-20)14-5-3-7-18(14)8-10-19(13-18)17(22)15-6-4-12-24-15/h4,6,12,14H,1-3,5,7-11,13H2/t14-,18-/m1/s1. The van der Waals surface area contributed by atoms with E-state index < -0.39 is 0 Å². The van der Waals surface area contributed by atoms with E-state index in [1.807, 2.05) is 22.4 Å². The van der Waals surface area contributed by atoms with Crippen molar-refractivity contribution in [2.75, 3.05) is 26.2 Å². The van der Waals surface area contributed by atoms with Crippen LogP contribution >= 0.6 is 11.3 Å². The molecule has 5 nitrogen and oxygen atoms in total. The van der Waals surface area contributed by atoms with Gasteiger partial charge in [-0.15, -0.1) is 11.3 Å². The van der Waals surface area contributed by atoms with Crippen LogP contribution in [0, 0.1) is 11.3 Å². The Bertz CT molecular complexity index is 612. The molecule has 1 aliphatic carbocycles. The minimum Gasteiger partial charge on any atom is -0.337 e. The summed E-state index contributed by atoms with van der Waals surface area (Å²) in [7, 11) is 0. The first-order chi connectivity index (χ1) is 11.7. The van der Waals surface area contributed by atoms with Gasteiger partial charge in [0.15, 0.2) is 0 Å². The van der Waals surface area contributed by atoms with Gasteiger partial charge in [0.1, 0.15) is 0 Å². The SMILES string of the molecule is O=C(c1cccs1)N1CC[C@]2(CCC[C@@H]2C(=O)N2CCCCO2)C1. The predicted octanol–water partition coefficient (Wildman–Crippen LogP) is 2.93. The van der Waals surface area contributed by atoms with Crippen molar-refractivity contribution in [2.24, 2.45) is 11.3 Å². The van der Waals surface area contributed by atoms with Crippen LogP contribution in [-0.4, -0.2) is 48.0 Å². The summed E-state index contributed by atoms with van der Waals surface area (Å²) in [6.45, 7) is 2.84. The molecule has 0 bridgehead atoms. The molecule has 3 heterocycles. The van der Waals surface area contributed by atoms with Crippen molar-refractivity contribution >= 4 is 23.2 Å². The largest absolute Gasteiger partial charge is 0.337 e. The lowest BCUT2D eigenvalue weighted by Crippen LogP contribution is -2.45. The molecule has 3 aliphatic rings. The quantitative estimate of drug-likeness (QED) is 0.826. The molecule has 1 spiro atoms. The molecule has 2 atom stereocenters. The molecule has 0 N–H and O–H groups in total. The summed E-state index contributed by atoms with van der Waals surface area (Å²) in [5.41, 5.74) is -0.0369. The second-order valence-electron chi connectivity index (χ2n) is 7.24. The molecular formula is C18H24N2O3S. The molecule has 2 saturated heterocycles. The van der Waals surface area contributed by atoms with Crippen LogP contribution in [0.15, 0.2) is 17.5 Å². The Morgan fingerprint density at radius 2 is 2.12 bits per heavy atom. The summed E-state index contributed by atoms with van der Waals surface area (Å²) in [6, 6.07) is 3.80. The lowest BCUT2D eigenvalue weighted by Gasteiger charge is -2.35. The van der Waals surface area contributed by atoms with E-state index in [1.54, 1.807) is 5.06 Å². The van der Waals surface area contributed by atoms with E-state index in [0.717, 1.165) is 49.9 Å². The first-order valence-electron chi connectivity index (χ1n) is 8.97. The summed E-state index contributed by atoms with van der Waals surface area (Å²) in [5.74, 6) is 0.281. The summed E-state index contributed by atoms with van der Waals surface area (Å²) in [4.78, 5) is 34.0. The Labute approximate surface area is 146 Å². The van der Waals surface area contributed by atoms with E-state index in [-0.39, 0.29) is 23.1 Å². The fourth-order valence-corrected chi connectivity index (χ4v) is 5.27. The maximum atomic E-state index is 13.0. The highest BCUT2D eigenvalue weighted by Crippen LogP contribution is 2.50. The maximum Gasteiger partial charge on any atom is 0.263 e. The molecule has 24 heavy (non-hydrogen) atoms. The Balaban J connectivity index is 1.48. The van der Waals surface area contributed by atoms with Gasteiger partial charge < -0.3 is 4.90 Å². The van der Waals surface area contributed by atoms with Gasteiger partial charge in [0.2, 0.25) is 5.91 Å². The van der Waals surface area contributed by atoms with E-state index in [4.69, 9.17) is 4.84 Å². The lowest BCUT2D eigenvalue weighted by molar-refractivity contribution is -0.204. The van der Waals surface area contributed by atoms with Crippen LogP contribution in [0.25, 0.3) is 0 Å². The van der Waals surface area contributed by atoms with Crippen molar-refractivity contribution in [2.45, 2.75) is 38.5 Å². The van der Waals surface area contributed by atoms with Crippen LogP contribution in [0.3, 0.4) is 0 Å². The highest BCUT2D eigenvalue weighted by molar-refractivity contribution is 7.12. The number of likely N-dealkylation sites (tertiary alicyclic amines) is 1. The smallest absolute Gasteiger partial charge is 0.263 e. The lowest BCUT2D eigenvalue weighted by atomic mass is 9.76. The molecule has 0 unspecified atom stereocenters. The molecule has 6 heteroatoms. The highest BCUT2D eigenvalue weighted by Gasteiger charge is 2.52. The van der Waals surface area contributed by atoms with E-state index >= 15 is 0 Å².